The van der Waals surface area contributed by atoms with Crippen molar-refractivity contribution in [2.45, 2.75) is 20.3 Å². The lowest BCUT2D eigenvalue weighted by Crippen LogP contribution is -2.21. The van der Waals surface area contributed by atoms with Gasteiger partial charge in [0.05, 0.1) is 29.9 Å². The summed E-state index contributed by atoms with van der Waals surface area (Å²) in [5.41, 5.74) is 5.08. The van der Waals surface area contributed by atoms with Crippen molar-refractivity contribution in [1.29, 1.82) is 0 Å². The van der Waals surface area contributed by atoms with Crippen molar-refractivity contribution in [2.75, 3.05) is 7.11 Å². The predicted molar refractivity (Wildman–Crippen MR) is 101 cm³/mol. The van der Waals surface area contributed by atoms with Crippen LogP contribution in [0.3, 0.4) is 0 Å². The average Bonchev–Trinajstić information content (AvgIpc) is 3.03. The number of methoxy groups -OCH3 is 1. The van der Waals surface area contributed by atoms with E-state index in [0.29, 0.717) is 0 Å². The molecule has 0 aliphatic rings. The number of aryl methyl sites for hydroxylation is 1. The van der Waals surface area contributed by atoms with E-state index in [1.54, 1.807) is 7.11 Å². The Hall–Kier alpha value is -2.73. The number of hydrazone groups is 1. The van der Waals surface area contributed by atoms with E-state index < -0.39 is 0 Å². The summed E-state index contributed by atoms with van der Waals surface area (Å²) >= 11 is 1.54. The van der Waals surface area contributed by atoms with E-state index in [-0.39, 0.29) is 12.3 Å². The maximum Gasteiger partial charge on any atom is 0.246 e. The van der Waals surface area contributed by atoms with Crippen molar-refractivity contribution in [1.82, 2.24) is 10.4 Å². The zero-order valence-electron chi connectivity index (χ0n) is 14.4. The van der Waals surface area contributed by atoms with Crippen LogP contribution in [-0.2, 0) is 11.2 Å². The van der Waals surface area contributed by atoms with Gasteiger partial charge < -0.3 is 4.74 Å². The number of carbonyl (C=O) groups excluding carboxylic acids is 1. The van der Waals surface area contributed by atoms with Gasteiger partial charge in [-0.1, -0.05) is 18.2 Å². The molecule has 0 atom stereocenters. The third kappa shape index (κ3) is 4.22. The molecule has 1 aromatic heterocycles. The molecular formula is C19H19N3O2S. The first-order chi connectivity index (χ1) is 12.0. The summed E-state index contributed by atoms with van der Waals surface area (Å²) in [5, 5.41) is 9.24. The van der Waals surface area contributed by atoms with E-state index in [0.717, 1.165) is 38.5 Å². The maximum absolute atomic E-state index is 12.0. The van der Waals surface area contributed by atoms with Crippen LogP contribution in [0.25, 0.3) is 10.8 Å². The van der Waals surface area contributed by atoms with Gasteiger partial charge in [0, 0.05) is 5.38 Å². The first kappa shape index (κ1) is 17.1. The lowest BCUT2D eigenvalue weighted by atomic mass is 10.0. The van der Waals surface area contributed by atoms with E-state index in [1.807, 2.05) is 55.6 Å². The molecule has 0 saturated carbocycles. The molecule has 0 spiro atoms. The van der Waals surface area contributed by atoms with Crippen LogP contribution in [0.1, 0.15) is 23.2 Å². The van der Waals surface area contributed by atoms with E-state index >= 15 is 0 Å². The number of nitrogens with zero attached hydrogens (tertiary/aromatic N) is 2. The van der Waals surface area contributed by atoms with Crippen LogP contribution in [0.4, 0.5) is 0 Å². The molecule has 0 radical (unpaired) electrons. The molecule has 3 rings (SSSR count). The van der Waals surface area contributed by atoms with Crippen LogP contribution in [0, 0.1) is 6.92 Å². The lowest BCUT2D eigenvalue weighted by Gasteiger charge is -2.06. The van der Waals surface area contributed by atoms with E-state index in [4.69, 9.17) is 4.74 Å². The molecule has 0 saturated heterocycles. The zero-order valence-corrected chi connectivity index (χ0v) is 15.2. The highest BCUT2D eigenvalue weighted by Crippen LogP contribution is 2.22. The van der Waals surface area contributed by atoms with Crippen LogP contribution in [0.5, 0.6) is 5.75 Å². The summed E-state index contributed by atoms with van der Waals surface area (Å²) in [5.74, 6) is 0.658. The molecular weight excluding hydrogens is 334 g/mol. The third-order valence-corrected chi connectivity index (χ3v) is 4.64. The monoisotopic (exact) mass is 353 g/mol. The van der Waals surface area contributed by atoms with Crippen LogP contribution in [-0.4, -0.2) is 23.7 Å². The fraction of sp³-hybridized carbons (Fsp3) is 0.211. The molecule has 1 heterocycles. The molecule has 6 heteroatoms. The molecule has 3 aromatic rings. The van der Waals surface area contributed by atoms with Crippen molar-refractivity contribution in [3.05, 3.63) is 58.0 Å². The molecule has 25 heavy (non-hydrogen) atoms. The summed E-state index contributed by atoms with van der Waals surface area (Å²) in [6.07, 6.45) is 0.235. The molecule has 5 nitrogen and oxygen atoms in total. The van der Waals surface area contributed by atoms with Gasteiger partial charge >= 0.3 is 0 Å². The largest absolute Gasteiger partial charge is 0.497 e. The average molecular weight is 353 g/mol. The number of nitrogens with one attached hydrogen (secondary N) is 1. The SMILES string of the molecule is COc1ccc2cc(/C(C)=N\NC(=O)Cc3csc(C)n3)ccc2c1. The van der Waals surface area contributed by atoms with Crippen LogP contribution >= 0.6 is 11.3 Å². The second kappa shape index (κ2) is 7.44. The fourth-order valence-electron chi connectivity index (χ4n) is 2.48. The fourth-order valence-corrected chi connectivity index (χ4v) is 3.09. The van der Waals surface area contributed by atoms with Gasteiger partial charge in [0.25, 0.3) is 0 Å². The molecule has 2 aromatic carbocycles. The number of carbonyl (C=O) groups is 1. The van der Waals surface area contributed by atoms with Crippen LogP contribution in [0.2, 0.25) is 0 Å². The topological polar surface area (TPSA) is 63.6 Å². The Labute approximate surface area is 150 Å². The summed E-state index contributed by atoms with van der Waals surface area (Å²) in [6.45, 7) is 3.79. The van der Waals surface area contributed by atoms with Gasteiger partial charge in [-0.15, -0.1) is 11.3 Å². The van der Waals surface area contributed by atoms with Gasteiger partial charge in [-0.25, -0.2) is 10.4 Å². The predicted octanol–water partition coefficient (Wildman–Crippen LogP) is 3.70. The van der Waals surface area contributed by atoms with Crippen LogP contribution in [0.15, 0.2) is 46.9 Å². The first-order valence-electron chi connectivity index (χ1n) is 7.87. The second-order valence-corrected chi connectivity index (χ2v) is 6.76. The second-order valence-electron chi connectivity index (χ2n) is 5.69. The summed E-state index contributed by atoms with van der Waals surface area (Å²) < 4.78 is 5.24. The number of amides is 1. The van der Waals surface area contributed by atoms with Gasteiger partial charge in [-0.2, -0.15) is 5.10 Å². The molecule has 0 unspecified atom stereocenters. The Morgan fingerprint density at radius 1 is 1.24 bits per heavy atom. The number of hydrogen-bond acceptors (Lipinski definition) is 5. The Balaban J connectivity index is 1.71. The Morgan fingerprint density at radius 2 is 2.00 bits per heavy atom. The van der Waals surface area contributed by atoms with Crippen molar-refractivity contribution in [3.8, 4) is 5.75 Å². The summed E-state index contributed by atoms with van der Waals surface area (Å²) in [7, 11) is 1.65. The van der Waals surface area contributed by atoms with Gasteiger partial charge in [0.1, 0.15) is 5.75 Å². The quantitative estimate of drug-likeness (QED) is 0.562. The number of benzene rings is 2. The molecule has 0 bridgehead atoms. The van der Waals surface area contributed by atoms with Crippen molar-refractivity contribution >= 4 is 33.7 Å². The number of aromatic nitrogens is 1. The molecule has 1 amide bonds. The Bertz CT molecular complexity index is 947. The van der Waals surface area contributed by atoms with E-state index in [9.17, 15) is 4.79 Å². The summed E-state index contributed by atoms with van der Waals surface area (Å²) in [6, 6.07) is 12.0. The summed E-state index contributed by atoms with van der Waals surface area (Å²) in [4.78, 5) is 16.3. The van der Waals surface area contributed by atoms with Crippen molar-refractivity contribution in [2.24, 2.45) is 5.10 Å². The van der Waals surface area contributed by atoms with Gasteiger partial charge in [-0.05, 0) is 48.4 Å². The van der Waals surface area contributed by atoms with Gasteiger partial charge in [0.15, 0.2) is 0 Å². The molecule has 0 aliphatic heterocycles. The number of hydrogen-bond donors (Lipinski definition) is 1. The normalized spacial score (nSPS) is 11.6. The minimum absolute atomic E-state index is 0.171. The highest BCUT2D eigenvalue weighted by molar-refractivity contribution is 7.09. The number of rotatable bonds is 5. The van der Waals surface area contributed by atoms with Gasteiger partial charge in [-0.3, -0.25) is 4.79 Å². The van der Waals surface area contributed by atoms with E-state index in [1.165, 1.54) is 11.3 Å². The highest BCUT2D eigenvalue weighted by atomic mass is 32.1. The molecule has 0 fully saturated rings. The van der Waals surface area contributed by atoms with Gasteiger partial charge in [0.2, 0.25) is 5.91 Å². The number of fused-ring (bicyclic) bond motifs is 1. The van der Waals surface area contributed by atoms with Crippen molar-refractivity contribution < 1.29 is 9.53 Å². The Kier molecular flexibility index (Phi) is 5.09. The third-order valence-electron chi connectivity index (χ3n) is 3.82. The molecule has 128 valence electrons. The van der Waals surface area contributed by atoms with E-state index in [2.05, 4.69) is 15.5 Å². The van der Waals surface area contributed by atoms with Crippen LogP contribution < -0.4 is 10.2 Å². The lowest BCUT2D eigenvalue weighted by molar-refractivity contribution is -0.120. The maximum atomic E-state index is 12.0. The molecule has 0 aliphatic carbocycles. The standard InChI is InChI=1S/C19H19N3O2S/c1-12(21-22-19(23)10-17-11-25-13(2)20-17)14-4-5-16-9-18(24-3)7-6-15(16)8-14/h4-9,11H,10H2,1-3H3,(H,22,23)/b21-12-. The minimum Gasteiger partial charge on any atom is -0.497 e. The smallest absolute Gasteiger partial charge is 0.246 e. The van der Waals surface area contributed by atoms with Crippen molar-refractivity contribution in [3.63, 3.8) is 0 Å². The first-order valence-corrected chi connectivity index (χ1v) is 8.75. The minimum atomic E-state index is -0.171. The highest BCUT2D eigenvalue weighted by Gasteiger charge is 2.06. The molecule has 1 N–H and O–H groups in total. The zero-order chi connectivity index (χ0) is 17.8. The number of thiazole rings is 1. The Morgan fingerprint density at radius 3 is 2.72 bits per heavy atom. The number of ether oxygens (including phenoxy) is 1.